The Morgan fingerprint density at radius 1 is 1.00 bits per heavy atom. The molecule has 1 aliphatic heterocycles. The van der Waals surface area contributed by atoms with E-state index in [1.807, 2.05) is 24.3 Å². The van der Waals surface area contributed by atoms with Crippen LogP contribution in [0, 0.1) is 0 Å². The van der Waals surface area contributed by atoms with Crippen molar-refractivity contribution in [3.8, 4) is 11.1 Å². The van der Waals surface area contributed by atoms with Gasteiger partial charge in [-0.1, -0.05) is 46.3 Å². The minimum absolute atomic E-state index is 0.0818. The molecule has 5 nitrogen and oxygen atoms in total. The van der Waals surface area contributed by atoms with E-state index in [1.54, 1.807) is 24.3 Å². The van der Waals surface area contributed by atoms with E-state index in [0.29, 0.717) is 0 Å². The number of hydrogen-bond donors (Lipinski definition) is 1. The van der Waals surface area contributed by atoms with E-state index >= 15 is 0 Å². The zero-order valence-corrected chi connectivity index (χ0v) is 15.6. The highest BCUT2D eigenvalue weighted by Crippen LogP contribution is 2.25. The topological polar surface area (TPSA) is 74.7 Å². The monoisotopic (exact) mass is 421 g/mol. The van der Waals surface area contributed by atoms with Crippen LogP contribution in [0.4, 0.5) is 0 Å². The maximum absolute atomic E-state index is 12.7. The summed E-state index contributed by atoms with van der Waals surface area (Å²) in [4.78, 5) is 11.1. The Kier molecular flexibility index (Phi) is 5.08. The van der Waals surface area contributed by atoms with Crippen LogP contribution in [0.2, 0.25) is 0 Å². The Balaban J connectivity index is 1.82. The normalized spacial score (nSPS) is 15.6. The smallest absolute Gasteiger partial charge is 0.331 e. The predicted octanol–water partition coefficient (Wildman–Crippen LogP) is 3.52. The number of carbonyl (C=O) groups is 1. The Bertz CT molecular complexity index is 919. The molecule has 7 heteroatoms. The summed E-state index contributed by atoms with van der Waals surface area (Å²) in [7, 11) is -3.63. The lowest BCUT2D eigenvalue weighted by molar-refractivity contribution is -0.132. The van der Waals surface area contributed by atoms with Crippen molar-refractivity contribution in [2.24, 2.45) is 0 Å². The van der Waals surface area contributed by atoms with Crippen molar-refractivity contribution in [1.82, 2.24) is 4.31 Å². The van der Waals surface area contributed by atoms with Crippen LogP contribution in [0.25, 0.3) is 11.1 Å². The molecule has 0 saturated heterocycles. The number of aliphatic carboxylic acids is 1. The van der Waals surface area contributed by atoms with Crippen LogP contribution in [-0.4, -0.2) is 36.9 Å². The van der Waals surface area contributed by atoms with Crippen LogP contribution >= 0.6 is 15.9 Å². The maximum Gasteiger partial charge on any atom is 0.331 e. The van der Waals surface area contributed by atoms with Gasteiger partial charge in [-0.05, 0) is 41.8 Å². The van der Waals surface area contributed by atoms with Crippen LogP contribution in [0.5, 0.6) is 0 Å². The lowest BCUT2D eigenvalue weighted by atomic mass is 10.1. The molecular weight excluding hydrogens is 406 g/mol. The summed E-state index contributed by atoms with van der Waals surface area (Å²) in [6.07, 6.45) is 1.67. The Morgan fingerprint density at radius 2 is 1.56 bits per heavy atom. The third-order valence-electron chi connectivity index (χ3n) is 4.12. The first-order valence-electron chi connectivity index (χ1n) is 7.66. The van der Waals surface area contributed by atoms with Gasteiger partial charge in [-0.3, -0.25) is 0 Å². The first-order chi connectivity index (χ1) is 11.9. The first-order valence-corrected chi connectivity index (χ1v) is 9.90. The molecule has 1 aliphatic rings. The third kappa shape index (κ3) is 3.84. The first kappa shape index (κ1) is 17.8. The molecular formula is C18H16BrNO4S. The standard InChI is InChI=1S/C18H16BrNO4S/c19-16-5-1-13(2-6-16)14-3-7-17(8-4-14)25(23,24)20-11-9-15(10-12-20)18(21)22/h1-9H,10-12H2,(H,21,22). The lowest BCUT2D eigenvalue weighted by Gasteiger charge is -2.24. The average molecular weight is 422 g/mol. The number of nitrogens with zero attached hydrogens (tertiary/aromatic N) is 1. The molecule has 0 amide bonds. The summed E-state index contributed by atoms with van der Waals surface area (Å²) in [6, 6.07) is 14.5. The quantitative estimate of drug-likeness (QED) is 0.818. The Morgan fingerprint density at radius 3 is 2.04 bits per heavy atom. The zero-order chi connectivity index (χ0) is 18.0. The minimum atomic E-state index is -3.63. The molecule has 0 aromatic heterocycles. The summed E-state index contributed by atoms with van der Waals surface area (Å²) in [5, 5.41) is 8.96. The molecule has 0 spiro atoms. The van der Waals surface area contributed by atoms with Crippen molar-refractivity contribution in [2.45, 2.75) is 11.3 Å². The highest BCUT2D eigenvalue weighted by Gasteiger charge is 2.27. The predicted molar refractivity (Wildman–Crippen MR) is 98.7 cm³/mol. The molecule has 130 valence electrons. The summed E-state index contributed by atoms with van der Waals surface area (Å²) < 4.78 is 27.7. The minimum Gasteiger partial charge on any atom is -0.478 e. The molecule has 3 rings (SSSR count). The van der Waals surface area contributed by atoms with Gasteiger partial charge in [-0.15, -0.1) is 0 Å². The molecule has 0 unspecified atom stereocenters. The molecule has 0 fully saturated rings. The van der Waals surface area contributed by atoms with Gasteiger partial charge < -0.3 is 5.11 Å². The SMILES string of the molecule is O=C(O)C1=CCN(S(=O)(=O)c2ccc(-c3ccc(Br)cc3)cc2)CC1. The van der Waals surface area contributed by atoms with Gasteiger partial charge in [-0.2, -0.15) is 4.31 Å². The molecule has 0 bridgehead atoms. The van der Waals surface area contributed by atoms with E-state index in [-0.39, 0.29) is 30.0 Å². The van der Waals surface area contributed by atoms with E-state index in [9.17, 15) is 13.2 Å². The molecule has 1 N–H and O–H groups in total. The summed E-state index contributed by atoms with van der Waals surface area (Å²) in [5.41, 5.74) is 2.19. The molecule has 25 heavy (non-hydrogen) atoms. The van der Waals surface area contributed by atoms with Gasteiger partial charge in [0.05, 0.1) is 4.90 Å². The number of rotatable bonds is 4. The van der Waals surface area contributed by atoms with Crippen molar-refractivity contribution in [3.05, 3.63) is 64.7 Å². The summed E-state index contributed by atoms with van der Waals surface area (Å²) in [6.45, 7) is 0.257. The molecule has 2 aromatic rings. The van der Waals surface area contributed by atoms with Crippen molar-refractivity contribution in [2.75, 3.05) is 13.1 Å². The number of carboxylic acids is 1. The highest BCUT2D eigenvalue weighted by molar-refractivity contribution is 9.10. The number of benzene rings is 2. The lowest BCUT2D eigenvalue weighted by Crippen LogP contribution is -2.35. The van der Waals surface area contributed by atoms with E-state index in [2.05, 4.69) is 15.9 Å². The number of halogens is 1. The third-order valence-corrected chi connectivity index (χ3v) is 6.52. The van der Waals surface area contributed by atoms with Crippen LogP contribution in [0.3, 0.4) is 0 Å². The number of carboxylic acid groups (broad SMARTS) is 1. The fourth-order valence-corrected chi connectivity index (χ4v) is 4.32. The number of sulfonamides is 1. The zero-order valence-electron chi connectivity index (χ0n) is 13.2. The molecule has 0 atom stereocenters. The fourth-order valence-electron chi connectivity index (χ4n) is 2.67. The molecule has 0 radical (unpaired) electrons. The van der Waals surface area contributed by atoms with Crippen LogP contribution < -0.4 is 0 Å². The Labute approximate surface area is 154 Å². The van der Waals surface area contributed by atoms with Gasteiger partial charge in [-0.25, -0.2) is 13.2 Å². The summed E-state index contributed by atoms with van der Waals surface area (Å²) >= 11 is 3.39. The van der Waals surface area contributed by atoms with Gasteiger partial charge in [0.25, 0.3) is 0 Å². The van der Waals surface area contributed by atoms with Gasteiger partial charge in [0.1, 0.15) is 0 Å². The second kappa shape index (κ2) is 7.11. The highest BCUT2D eigenvalue weighted by atomic mass is 79.9. The number of hydrogen-bond acceptors (Lipinski definition) is 3. The molecule has 0 saturated carbocycles. The van der Waals surface area contributed by atoms with Crippen LogP contribution in [0.15, 0.2) is 69.5 Å². The molecule has 1 heterocycles. The fraction of sp³-hybridized carbons (Fsp3) is 0.167. The van der Waals surface area contributed by atoms with E-state index in [4.69, 9.17) is 5.11 Å². The van der Waals surface area contributed by atoms with Crippen molar-refractivity contribution in [1.29, 1.82) is 0 Å². The van der Waals surface area contributed by atoms with Gasteiger partial charge in [0, 0.05) is 23.1 Å². The van der Waals surface area contributed by atoms with Crippen molar-refractivity contribution in [3.63, 3.8) is 0 Å². The second-order valence-corrected chi connectivity index (χ2v) is 8.53. The Hall–Kier alpha value is -1.96. The van der Waals surface area contributed by atoms with Gasteiger partial charge in [0.15, 0.2) is 0 Å². The van der Waals surface area contributed by atoms with Gasteiger partial charge in [0.2, 0.25) is 10.0 Å². The van der Waals surface area contributed by atoms with Crippen LogP contribution in [0.1, 0.15) is 6.42 Å². The summed E-state index contributed by atoms with van der Waals surface area (Å²) in [5.74, 6) is -0.990. The molecule has 2 aromatic carbocycles. The van der Waals surface area contributed by atoms with Crippen molar-refractivity contribution < 1.29 is 18.3 Å². The van der Waals surface area contributed by atoms with E-state index in [1.165, 1.54) is 10.4 Å². The van der Waals surface area contributed by atoms with Crippen molar-refractivity contribution >= 4 is 31.9 Å². The van der Waals surface area contributed by atoms with E-state index in [0.717, 1.165) is 15.6 Å². The largest absolute Gasteiger partial charge is 0.478 e. The second-order valence-electron chi connectivity index (χ2n) is 5.68. The maximum atomic E-state index is 12.7. The average Bonchev–Trinajstić information content (AvgIpc) is 2.62. The van der Waals surface area contributed by atoms with Crippen LogP contribution in [-0.2, 0) is 14.8 Å². The van der Waals surface area contributed by atoms with Gasteiger partial charge >= 0.3 is 5.97 Å². The van der Waals surface area contributed by atoms with E-state index < -0.39 is 16.0 Å². The molecule has 0 aliphatic carbocycles.